The highest BCUT2D eigenvalue weighted by molar-refractivity contribution is 6.34. The lowest BCUT2D eigenvalue weighted by atomic mass is 10.1. The van der Waals surface area contributed by atoms with Crippen LogP contribution in [-0.2, 0) is 9.59 Å². The summed E-state index contributed by atoms with van der Waals surface area (Å²) in [4.78, 5) is 22.8. The Hall–Kier alpha value is -1.72. The van der Waals surface area contributed by atoms with Gasteiger partial charge in [-0.05, 0) is 25.7 Å². The number of unbranched alkanes of at least 4 members (excludes halogenated alkanes) is 12. The monoisotopic (exact) mass is 366 g/mol. The van der Waals surface area contributed by atoms with E-state index in [-0.39, 0.29) is 0 Å². The van der Waals surface area contributed by atoms with Gasteiger partial charge < -0.3 is 5.73 Å². The second kappa shape index (κ2) is 18.1. The molecule has 0 spiro atoms. The average molecular weight is 367 g/mol. The summed E-state index contributed by atoms with van der Waals surface area (Å²) in [5, 5.41) is 8.81. The highest BCUT2D eigenvalue weighted by Gasteiger charge is 2.17. The van der Waals surface area contributed by atoms with Gasteiger partial charge in [-0.1, -0.05) is 78.1 Å². The van der Waals surface area contributed by atoms with Crippen molar-refractivity contribution in [2.75, 3.05) is 0 Å². The van der Waals surface area contributed by atoms with Crippen molar-refractivity contribution in [3.8, 4) is 0 Å². The van der Waals surface area contributed by atoms with Crippen LogP contribution in [0.3, 0.4) is 0 Å². The molecule has 0 heterocycles. The minimum absolute atomic E-state index is 0.765. The van der Waals surface area contributed by atoms with Gasteiger partial charge in [0.15, 0.2) is 0 Å². The molecule has 0 unspecified atom stereocenters. The Balaban J connectivity index is 4.12. The molecule has 150 valence electrons. The first-order chi connectivity index (χ1) is 12.6. The number of primary amides is 1. The van der Waals surface area contributed by atoms with Crippen LogP contribution in [0.2, 0.25) is 0 Å². The summed E-state index contributed by atoms with van der Waals surface area (Å²) in [7, 11) is 0. The predicted octanol–water partition coefficient (Wildman–Crippen LogP) is 4.77. The third-order valence-electron chi connectivity index (χ3n) is 4.15. The van der Waals surface area contributed by atoms with Gasteiger partial charge in [-0.25, -0.2) is 0 Å². The van der Waals surface area contributed by atoms with E-state index in [2.05, 4.69) is 24.1 Å². The SMILES string of the molecule is CCCCCCCCC=NN(N=CCCCCCCCC)C(=O)C(N)=O. The fourth-order valence-electron chi connectivity index (χ4n) is 2.54. The van der Waals surface area contributed by atoms with Crippen molar-refractivity contribution in [1.29, 1.82) is 0 Å². The first kappa shape index (κ1) is 24.3. The summed E-state index contributed by atoms with van der Waals surface area (Å²) in [6.45, 7) is 4.40. The van der Waals surface area contributed by atoms with Gasteiger partial charge in [-0.2, -0.15) is 10.2 Å². The molecule has 0 saturated carbocycles. The van der Waals surface area contributed by atoms with E-state index in [1.165, 1.54) is 51.4 Å². The van der Waals surface area contributed by atoms with Crippen molar-refractivity contribution in [3.05, 3.63) is 0 Å². The Morgan fingerprint density at radius 2 is 1.12 bits per heavy atom. The first-order valence-corrected chi connectivity index (χ1v) is 10.3. The molecule has 26 heavy (non-hydrogen) atoms. The van der Waals surface area contributed by atoms with Crippen molar-refractivity contribution in [1.82, 2.24) is 5.12 Å². The van der Waals surface area contributed by atoms with E-state index in [4.69, 9.17) is 5.73 Å². The van der Waals surface area contributed by atoms with Crippen LogP contribution < -0.4 is 5.73 Å². The average Bonchev–Trinajstić information content (AvgIpc) is 2.63. The Kier molecular flexibility index (Phi) is 16.9. The number of hydrogen-bond acceptors (Lipinski definition) is 4. The third kappa shape index (κ3) is 14.6. The van der Waals surface area contributed by atoms with Crippen molar-refractivity contribution in [2.45, 2.75) is 104 Å². The zero-order chi connectivity index (χ0) is 19.5. The van der Waals surface area contributed by atoms with Crippen LogP contribution >= 0.6 is 0 Å². The number of carbonyl (C=O) groups is 2. The van der Waals surface area contributed by atoms with Crippen LogP contribution in [0.15, 0.2) is 10.2 Å². The maximum absolute atomic E-state index is 11.7. The highest BCUT2D eigenvalue weighted by Crippen LogP contribution is 2.07. The first-order valence-electron chi connectivity index (χ1n) is 10.3. The van der Waals surface area contributed by atoms with Crippen LogP contribution in [0, 0.1) is 0 Å². The Morgan fingerprint density at radius 1 is 0.731 bits per heavy atom. The molecule has 2 amide bonds. The second-order valence-corrected chi connectivity index (χ2v) is 6.67. The van der Waals surface area contributed by atoms with Gasteiger partial charge in [-0.15, -0.1) is 5.12 Å². The minimum atomic E-state index is -1.04. The number of nitrogens with zero attached hydrogens (tertiary/aromatic N) is 3. The number of hydrazone groups is 2. The van der Waals surface area contributed by atoms with Crippen molar-refractivity contribution in [2.24, 2.45) is 15.9 Å². The van der Waals surface area contributed by atoms with Gasteiger partial charge in [0.2, 0.25) is 0 Å². The quantitative estimate of drug-likeness (QED) is 0.184. The molecular formula is C20H38N4O2. The van der Waals surface area contributed by atoms with E-state index >= 15 is 0 Å². The van der Waals surface area contributed by atoms with Gasteiger partial charge >= 0.3 is 11.8 Å². The zero-order valence-corrected chi connectivity index (χ0v) is 16.8. The van der Waals surface area contributed by atoms with Crippen LogP contribution in [0.25, 0.3) is 0 Å². The van der Waals surface area contributed by atoms with Crippen LogP contribution in [0.4, 0.5) is 0 Å². The summed E-state index contributed by atoms with van der Waals surface area (Å²) in [6.07, 6.45) is 19.2. The van der Waals surface area contributed by atoms with Gasteiger partial charge in [0.25, 0.3) is 0 Å². The van der Waals surface area contributed by atoms with E-state index in [1.807, 2.05) is 0 Å². The molecule has 0 aliphatic carbocycles. The molecule has 0 radical (unpaired) electrons. The Morgan fingerprint density at radius 3 is 1.50 bits per heavy atom. The lowest BCUT2D eigenvalue weighted by Crippen LogP contribution is -2.34. The summed E-state index contributed by atoms with van der Waals surface area (Å²) < 4.78 is 0. The maximum Gasteiger partial charge on any atom is 0.352 e. The molecule has 0 aliphatic heterocycles. The Bertz CT molecular complexity index is 396. The van der Waals surface area contributed by atoms with Crippen molar-refractivity contribution in [3.63, 3.8) is 0 Å². The molecule has 6 nitrogen and oxygen atoms in total. The molecule has 0 aromatic carbocycles. The lowest BCUT2D eigenvalue weighted by Gasteiger charge is -2.08. The molecule has 0 bridgehead atoms. The van der Waals surface area contributed by atoms with E-state index in [0.29, 0.717) is 0 Å². The van der Waals surface area contributed by atoms with E-state index in [0.717, 1.165) is 43.6 Å². The van der Waals surface area contributed by atoms with Crippen molar-refractivity contribution < 1.29 is 9.59 Å². The number of nitrogens with two attached hydrogens (primary N) is 1. The predicted molar refractivity (Wildman–Crippen MR) is 109 cm³/mol. The van der Waals surface area contributed by atoms with Gasteiger partial charge in [0.1, 0.15) is 0 Å². The van der Waals surface area contributed by atoms with E-state index in [1.54, 1.807) is 12.4 Å². The molecule has 6 heteroatoms. The fourth-order valence-corrected chi connectivity index (χ4v) is 2.54. The summed E-state index contributed by atoms with van der Waals surface area (Å²) in [5.41, 5.74) is 5.06. The smallest absolute Gasteiger partial charge is 0.352 e. The molecule has 2 N–H and O–H groups in total. The molecule has 0 fully saturated rings. The number of rotatable bonds is 16. The number of amides is 2. The maximum atomic E-state index is 11.7. The Labute approximate surface area is 159 Å². The molecule has 0 saturated heterocycles. The van der Waals surface area contributed by atoms with E-state index in [9.17, 15) is 9.59 Å². The van der Waals surface area contributed by atoms with Crippen LogP contribution in [-0.4, -0.2) is 29.4 Å². The zero-order valence-electron chi connectivity index (χ0n) is 16.8. The fraction of sp³-hybridized carbons (Fsp3) is 0.800. The van der Waals surface area contributed by atoms with Gasteiger partial charge in [-0.3, -0.25) is 9.59 Å². The van der Waals surface area contributed by atoms with Gasteiger partial charge in [0.05, 0.1) is 0 Å². The molecule has 0 aromatic rings. The van der Waals surface area contributed by atoms with Crippen molar-refractivity contribution >= 4 is 24.2 Å². The molecule has 0 rings (SSSR count). The number of carbonyl (C=O) groups excluding carboxylic acids is 2. The van der Waals surface area contributed by atoms with E-state index < -0.39 is 11.8 Å². The second-order valence-electron chi connectivity index (χ2n) is 6.67. The normalized spacial score (nSPS) is 11.5. The standard InChI is InChI=1S/C20H38N4O2/c1-3-5-7-9-11-13-15-17-22-24(20(26)19(21)25)23-18-16-14-12-10-8-6-4-2/h17-18H,3-16H2,1-2H3,(H2,21,25). The third-order valence-corrected chi connectivity index (χ3v) is 4.15. The molecular weight excluding hydrogens is 328 g/mol. The van der Waals surface area contributed by atoms with Crippen LogP contribution in [0.5, 0.6) is 0 Å². The summed E-state index contributed by atoms with van der Waals surface area (Å²) in [5.74, 6) is -1.94. The number of hydrogen-bond donors (Lipinski definition) is 1. The molecule has 0 aliphatic rings. The molecule has 0 atom stereocenters. The lowest BCUT2D eigenvalue weighted by molar-refractivity contribution is -0.144. The summed E-state index contributed by atoms with van der Waals surface area (Å²) >= 11 is 0. The largest absolute Gasteiger partial charge is 0.361 e. The minimum Gasteiger partial charge on any atom is -0.361 e. The van der Waals surface area contributed by atoms with Crippen LogP contribution in [0.1, 0.15) is 104 Å². The topological polar surface area (TPSA) is 88.1 Å². The van der Waals surface area contributed by atoms with Gasteiger partial charge in [0, 0.05) is 12.4 Å². The summed E-state index contributed by atoms with van der Waals surface area (Å²) in [6, 6.07) is 0. The molecule has 0 aromatic heterocycles. The highest BCUT2D eigenvalue weighted by atomic mass is 16.2.